The summed E-state index contributed by atoms with van der Waals surface area (Å²) >= 11 is 0. The van der Waals surface area contributed by atoms with Crippen LogP contribution in [0.3, 0.4) is 0 Å². The van der Waals surface area contributed by atoms with Gasteiger partial charge in [-0.2, -0.15) is 10.5 Å². The SMILES string of the molecule is N#CC(C#N)c1cccc2ccc3c(N)ccnc3c12. The highest BCUT2D eigenvalue weighted by Gasteiger charge is 2.15. The molecule has 4 nitrogen and oxygen atoms in total. The van der Waals surface area contributed by atoms with Gasteiger partial charge in [-0.3, -0.25) is 4.98 Å². The van der Waals surface area contributed by atoms with Gasteiger partial charge in [0.15, 0.2) is 5.92 Å². The van der Waals surface area contributed by atoms with Gasteiger partial charge in [0.05, 0.1) is 17.7 Å². The van der Waals surface area contributed by atoms with Crippen LogP contribution >= 0.6 is 0 Å². The molecule has 0 aliphatic carbocycles. The minimum absolute atomic E-state index is 0.636. The van der Waals surface area contributed by atoms with Gasteiger partial charge in [-0.25, -0.2) is 0 Å². The number of nitrogen functional groups attached to an aromatic ring is 1. The van der Waals surface area contributed by atoms with Crippen LogP contribution in [0.5, 0.6) is 0 Å². The smallest absolute Gasteiger partial charge is 0.158 e. The van der Waals surface area contributed by atoms with E-state index in [0.29, 0.717) is 11.3 Å². The predicted octanol–water partition coefficient (Wildman–Crippen LogP) is 3.10. The Balaban J connectivity index is 2.53. The summed E-state index contributed by atoms with van der Waals surface area (Å²) in [6, 6.07) is 15.2. The number of hydrogen-bond donors (Lipinski definition) is 1. The van der Waals surface area contributed by atoms with Crippen molar-refractivity contribution in [2.45, 2.75) is 5.92 Å². The molecule has 20 heavy (non-hydrogen) atoms. The largest absolute Gasteiger partial charge is 0.398 e. The highest BCUT2D eigenvalue weighted by molar-refractivity contribution is 6.10. The van der Waals surface area contributed by atoms with Crippen LogP contribution in [0.25, 0.3) is 21.7 Å². The van der Waals surface area contributed by atoms with Crippen LogP contribution in [0.15, 0.2) is 42.6 Å². The van der Waals surface area contributed by atoms with Crippen LogP contribution in [0.1, 0.15) is 11.5 Å². The molecule has 0 spiro atoms. The first-order valence-electron chi connectivity index (χ1n) is 6.11. The van der Waals surface area contributed by atoms with Crippen molar-refractivity contribution in [3.05, 3.63) is 48.2 Å². The maximum Gasteiger partial charge on any atom is 0.158 e. The normalized spacial score (nSPS) is 10.6. The van der Waals surface area contributed by atoms with Gasteiger partial charge < -0.3 is 5.73 Å². The summed E-state index contributed by atoms with van der Waals surface area (Å²) in [7, 11) is 0. The van der Waals surface area contributed by atoms with Crippen molar-refractivity contribution in [1.29, 1.82) is 10.5 Å². The lowest BCUT2D eigenvalue weighted by Crippen LogP contribution is -1.96. The summed E-state index contributed by atoms with van der Waals surface area (Å²) in [4.78, 5) is 4.38. The average molecular weight is 258 g/mol. The van der Waals surface area contributed by atoms with Crippen molar-refractivity contribution in [2.75, 3.05) is 5.73 Å². The molecule has 3 rings (SSSR count). The molecule has 94 valence electrons. The molecule has 0 aliphatic rings. The van der Waals surface area contributed by atoms with E-state index in [0.717, 1.165) is 21.7 Å². The van der Waals surface area contributed by atoms with Crippen LogP contribution < -0.4 is 5.73 Å². The van der Waals surface area contributed by atoms with E-state index in [1.54, 1.807) is 18.3 Å². The zero-order chi connectivity index (χ0) is 14.1. The Morgan fingerprint density at radius 1 is 1.05 bits per heavy atom. The third kappa shape index (κ3) is 1.64. The Hall–Kier alpha value is -3.11. The lowest BCUT2D eigenvalue weighted by molar-refractivity contribution is 1.12. The van der Waals surface area contributed by atoms with E-state index < -0.39 is 5.92 Å². The fourth-order valence-electron chi connectivity index (χ4n) is 2.45. The lowest BCUT2D eigenvalue weighted by Gasteiger charge is -2.10. The molecule has 3 aromatic rings. The van der Waals surface area contributed by atoms with Gasteiger partial charge in [-0.15, -0.1) is 0 Å². The zero-order valence-electron chi connectivity index (χ0n) is 10.5. The average Bonchev–Trinajstić information content (AvgIpc) is 2.48. The molecule has 0 bridgehead atoms. The highest BCUT2D eigenvalue weighted by Crippen LogP contribution is 2.32. The first-order chi connectivity index (χ1) is 9.76. The molecule has 0 radical (unpaired) electrons. The van der Waals surface area contributed by atoms with Crippen LogP contribution in [0, 0.1) is 22.7 Å². The summed E-state index contributed by atoms with van der Waals surface area (Å²) in [5, 5.41) is 20.9. The molecular formula is C16H10N4. The van der Waals surface area contributed by atoms with Gasteiger partial charge in [0.1, 0.15) is 0 Å². The quantitative estimate of drug-likeness (QED) is 0.679. The molecule has 0 saturated heterocycles. The van der Waals surface area contributed by atoms with Gasteiger partial charge in [0.25, 0.3) is 0 Å². The van der Waals surface area contributed by atoms with Crippen molar-refractivity contribution in [3.8, 4) is 12.1 Å². The van der Waals surface area contributed by atoms with Crippen molar-refractivity contribution in [2.24, 2.45) is 0 Å². The Bertz CT molecular complexity index is 886. The minimum atomic E-state index is -0.812. The van der Waals surface area contributed by atoms with E-state index >= 15 is 0 Å². The molecule has 2 aromatic carbocycles. The van der Waals surface area contributed by atoms with Crippen molar-refractivity contribution in [3.63, 3.8) is 0 Å². The minimum Gasteiger partial charge on any atom is -0.398 e. The number of nitrogens with zero attached hydrogens (tertiary/aromatic N) is 3. The second-order valence-electron chi connectivity index (χ2n) is 4.50. The van der Waals surface area contributed by atoms with E-state index in [9.17, 15) is 0 Å². The summed E-state index contributed by atoms with van der Waals surface area (Å²) in [6.45, 7) is 0. The van der Waals surface area contributed by atoms with Gasteiger partial charge in [-0.1, -0.05) is 30.3 Å². The number of rotatable bonds is 1. The molecule has 4 heteroatoms. The van der Waals surface area contributed by atoms with E-state index in [-0.39, 0.29) is 0 Å². The molecule has 1 heterocycles. The Labute approximate surface area is 115 Å². The van der Waals surface area contributed by atoms with E-state index in [2.05, 4.69) is 4.98 Å². The maximum atomic E-state index is 9.15. The molecule has 0 fully saturated rings. The molecule has 0 saturated carbocycles. The topological polar surface area (TPSA) is 86.5 Å². The van der Waals surface area contributed by atoms with Crippen LogP contribution in [-0.2, 0) is 0 Å². The number of pyridine rings is 1. The third-order valence-electron chi connectivity index (χ3n) is 3.39. The number of nitriles is 2. The number of fused-ring (bicyclic) bond motifs is 3. The molecule has 1 aromatic heterocycles. The van der Waals surface area contributed by atoms with E-state index in [1.165, 1.54) is 0 Å². The van der Waals surface area contributed by atoms with Gasteiger partial charge >= 0.3 is 0 Å². The van der Waals surface area contributed by atoms with Crippen molar-refractivity contribution >= 4 is 27.4 Å². The second kappa shape index (κ2) is 4.53. The van der Waals surface area contributed by atoms with Crippen LogP contribution in [-0.4, -0.2) is 4.98 Å². The lowest BCUT2D eigenvalue weighted by atomic mass is 9.93. The Morgan fingerprint density at radius 2 is 1.85 bits per heavy atom. The van der Waals surface area contributed by atoms with Gasteiger partial charge in [0, 0.05) is 22.7 Å². The van der Waals surface area contributed by atoms with Crippen LogP contribution in [0.2, 0.25) is 0 Å². The summed E-state index contributed by atoms with van der Waals surface area (Å²) < 4.78 is 0. The number of anilines is 1. The van der Waals surface area contributed by atoms with E-state index in [4.69, 9.17) is 16.3 Å². The molecular weight excluding hydrogens is 248 g/mol. The monoisotopic (exact) mass is 258 g/mol. The van der Waals surface area contributed by atoms with Crippen LogP contribution in [0.4, 0.5) is 5.69 Å². The first kappa shape index (κ1) is 12.0. The predicted molar refractivity (Wildman–Crippen MR) is 77.6 cm³/mol. The number of hydrogen-bond acceptors (Lipinski definition) is 4. The van der Waals surface area contributed by atoms with E-state index in [1.807, 2.05) is 36.4 Å². The number of nitrogens with two attached hydrogens (primary N) is 1. The highest BCUT2D eigenvalue weighted by atomic mass is 14.7. The van der Waals surface area contributed by atoms with Crippen molar-refractivity contribution in [1.82, 2.24) is 4.98 Å². The zero-order valence-corrected chi connectivity index (χ0v) is 10.5. The molecule has 0 atom stereocenters. The number of aromatic nitrogens is 1. The second-order valence-corrected chi connectivity index (χ2v) is 4.50. The summed E-state index contributed by atoms with van der Waals surface area (Å²) in [6.07, 6.45) is 1.64. The molecule has 2 N–H and O–H groups in total. The van der Waals surface area contributed by atoms with Gasteiger partial charge in [-0.05, 0) is 17.0 Å². The Kier molecular flexibility index (Phi) is 2.71. The van der Waals surface area contributed by atoms with Crippen molar-refractivity contribution < 1.29 is 0 Å². The first-order valence-corrected chi connectivity index (χ1v) is 6.11. The summed E-state index contributed by atoms with van der Waals surface area (Å²) in [5.74, 6) is -0.812. The standard InChI is InChI=1S/C16H10N4/c17-8-11(9-18)12-3-1-2-10-4-5-13-14(19)6-7-20-16(13)15(10)12/h1-7,11H,(H2,19,20). The Morgan fingerprint density at radius 3 is 2.60 bits per heavy atom. The number of benzene rings is 2. The summed E-state index contributed by atoms with van der Waals surface area (Å²) in [5.41, 5.74) is 8.01. The molecule has 0 unspecified atom stereocenters. The van der Waals surface area contributed by atoms with Gasteiger partial charge in [0.2, 0.25) is 0 Å². The maximum absolute atomic E-state index is 9.15. The molecule has 0 amide bonds. The fourth-order valence-corrected chi connectivity index (χ4v) is 2.45. The third-order valence-corrected chi connectivity index (χ3v) is 3.39. The molecule has 0 aliphatic heterocycles. The fraction of sp³-hybridized carbons (Fsp3) is 0.0625.